The number of amides is 1. The van der Waals surface area contributed by atoms with Gasteiger partial charge in [-0.25, -0.2) is 0 Å². The molecule has 1 N–H and O–H groups in total. The van der Waals surface area contributed by atoms with E-state index in [2.05, 4.69) is 10.2 Å². The molecule has 1 aromatic carbocycles. The predicted molar refractivity (Wildman–Crippen MR) is 78.4 cm³/mol. The van der Waals surface area contributed by atoms with E-state index in [1.807, 2.05) is 6.07 Å². The normalized spacial score (nSPS) is 16.1. The van der Waals surface area contributed by atoms with Gasteiger partial charge in [-0.3, -0.25) is 4.79 Å². The molecule has 1 saturated heterocycles. The molecule has 1 amide bonds. The number of benzene rings is 1. The van der Waals surface area contributed by atoms with Gasteiger partial charge in [-0.2, -0.15) is 5.26 Å². The summed E-state index contributed by atoms with van der Waals surface area (Å²) in [6.45, 7) is 3.85. The van der Waals surface area contributed by atoms with Gasteiger partial charge in [0, 0.05) is 18.7 Å². The van der Waals surface area contributed by atoms with E-state index in [-0.39, 0.29) is 5.91 Å². The molecule has 0 atom stereocenters. The Bertz CT molecular complexity index is 485. The fourth-order valence-corrected chi connectivity index (χ4v) is 2.52. The van der Waals surface area contributed by atoms with Crippen LogP contribution in [0.5, 0.6) is 0 Å². The quantitative estimate of drug-likeness (QED) is 0.913. The number of nitriles is 1. The fraction of sp³-hybridized carbons (Fsp3) is 0.500. The summed E-state index contributed by atoms with van der Waals surface area (Å²) in [7, 11) is 0. The first-order valence-electron chi connectivity index (χ1n) is 7.30. The maximum absolute atomic E-state index is 12.0. The predicted octanol–water partition coefficient (Wildman–Crippen LogP) is 2.16. The van der Waals surface area contributed by atoms with E-state index in [1.165, 1.54) is 25.7 Å². The fourth-order valence-electron chi connectivity index (χ4n) is 2.52. The standard InChI is InChI=1S/C16H21N3O/c17-13-14-6-5-7-15(12-14)16(20)18-8-11-19-9-3-1-2-4-10-19/h5-7,12H,1-4,8-11H2,(H,18,20). The van der Waals surface area contributed by atoms with Crippen molar-refractivity contribution in [2.24, 2.45) is 0 Å². The number of hydrogen-bond acceptors (Lipinski definition) is 3. The summed E-state index contributed by atoms with van der Waals surface area (Å²) in [5, 5.41) is 11.8. The minimum atomic E-state index is -0.100. The largest absolute Gasteiger partial charge is 0.351 e. The monoisotopic (exact) mass is 271 g/mol. The van der Waals surface area contributed by atoms with Crippen LogP contribution in [0.2, 0.25) is 0 Å². The Morgan fingerprint density at radius 2 is 2.00 bits per heavy atom. The Hall–Kier alpha value is -1.86. The van der Waals surface area contributed by atoms with E-state index in [1.54, 1.807) is 24.3 Å². The number of hydrogen-bond donors (Lipinski definition) is 1. The van der Waals surface area contributed by atoms with Crippen LogP contribution in [0.25, 0.3) is 0 Å². The van der Waals surface area contributed by atoms with Gasteiger partial charge < -0.3 is 10.2 Å². The first-order valence-corrected chi connectivity index (χ1v) is 7.30. The second-order valence-electron chi connectivity index (χ2n) is 5.20. The highest BCUT2D eigenvalue weighted by Gasteiger charge is 2.10. The van der Waals surface area contributed by atoms with Crippen LogP contribution >= 0.6 is 0 Å². The number of nitrogens with one attached hydrogen (secondary N) is 1. The van der Waals surface area contributed by atoms with E-state index in [0.717, 1.165) is 19.6 Å². The Morgan fingerprint density at radius 1 is 1.25 bits per heavy atom. The smallest absolute Gasteiger partial charge is 0.251 e. The summed E-state index contributed by atoms with van der Waals surface area (Å²) in [5.41, 5.74) is 1.07. The van der Waals surface area contributed by atoms with Crippen LogP contribution in [-0.4, -0.2) is 37.0 Å². The average Bonchev–Trinajstić information content (AvgIpc) is 2.76. The molecule has 1 heterocycles. The highest BCUT2D eigenvalue weighted by atomic mass is 16.1. The molecule has 20 heavy (non-hydrogen) atoms. The number of nitrogens with zero attached hydrogens (tertiary/aromatic N) is 2. The first-order chi connectivity index (χ1) is 9.79. The summed E-state index contributed by atoms with van der Waals surface area (Å²) >= 11 is 0. The molecule has 0 aliphatic carbocycles. The first kappa shape index (κ1) is 14.5. The SMILES string of the molecule is N#Cc1cccc(C(=O)NCCN2CCCCCC2)c1. The van der Waals surface area contributed by atoms with Crippen LogP contribution < -0.4 is 5.32 Å². The topological polar surface area (TPSA) is 56.1 Å². The lowest BCUT2D eigenvalue weighted by Crippen LogP contribution is -2.35. The highest BCUT2D eigenvalue weighted by Crippen LogP contribution is 2.09. The third-order valence-corrected chi connectivity index (χ3v) is 3.67. The van der Waals surface area contributed by atoms with Crippen LogP contribution in [0.4, 0.5) is 0 Å². The Kier molecular flexibility index (Phi) is 5.57. The maximum Gasteiger partial charge on any atom is 0.251 e. The molecule has 106 valence electrons. The van der Waals surface area contributed by atoms with Crippen molar-refractivity contribution in [1.29, 1.82) is 5.26 Å². The number of carbonyl (C=O) groups is 1. The molecule has 2 rings (SSSR count). The van der Waals surface area contributed by atoms with Crippen molar-refractivity contribution in [1.82, 2.24) is 10.2 Å². The van der Waals surface area contributed by atoms with Crippen molar-refractivity contribution in [3.05, 3.63) is 35.4 Å². The summed E-state index contributed by atoms with van der Waals surface area (Å²) < 4.78 is 0. The van der Waals surface area contributed by atoms with Crippen LogP contribution in [0.15, 0.2) is 24.3 Å². The lowest BCUT2D eigenvalue weighted by atomic mass is 10.1. The summed E-state index contributed by atoms with van der Waals surface area (Å²) in [6.07, 6.45) is 5.17. The van der Waals surface area contributed by atoms with Gasteiger partial charge in [0.2, 0.25) is 0 Å². The van der Waals surface area contributed by atoms with Gasteiger partial charge in [0.15, 0.2) is 0 Å². The van der Waals surface area contributed by atoms with Gasteiger partial charge in [0.25, 0.3) is 5.91 Å². The van der Waals surface area contributed by atoms with Gasteiger partial charge in [0.1, 0.15) is 0 Å². The number of carbonyl (C=O) groups excluding carboxylic acids is 1. The lowest BCUT2D eigenvalue weighted by molar-refractivity contribution is 0.0948. The molecule has 4 heteroatoms. The average molecular weight is 271 g/mol. The Labute approximate surface area is 120 Å². The molecule has 0 saturated carbocycles. The zero-order valence-corrected chi connectivity index (χ0v) is 11.8. The minimum absolute atomic E-state index is 0.100. The molecule has 0 bridgehead atoms. The third kappa shape index (κ3) is 4.36. The minimum Gasteiger partial charge on any atom is -0.351 e. The molecule has 0 radical (unpaired) electrons. The molecule has 0 unspecified atom stereocenters. The van der Waals surface area contributed by atoms with E-state index in [9.17, 15) is 4.79 Å². The van der Waals surface area contributed by atoms with Crippen molar-refractivity contribution in [2.45, 2.75) is 25.7 Å². The van der Waals surface area contributed by atoms with Gasteiger partial charge in [0.05, 0.1) is 11.6 Å². The third-order valence-electron chi connectivity index (χ3n) is 3.67. The van der Waals surface area contributed by atoms with Gasteiger partial charge in [-0.05, 0) is 44.1 Å². The summed E-state index contributed by atoms with van der Waals surface area (Å²) in [5.74, 6) is -0.100. The molecule has 1 fully saturated rings. The molecule has 1 aliphatic rings. The van der Waals surface area contributed by atoms with Crippen molar-refractivity contribution in [3.63, 3.8) is 0 Å². The Morgan fingerprint density at radius 3 is 2.70 bits per heavy atom. The van der Waals surface area contributed by atoms with Crippen molar-refractivity contribution in [3.8, 4) is 6.07 Å². The molecular weight excluding hydrogens is 250 g/mol. The zero-order chi connectivity index (χ0) is 14.2. The lowest BCUT2D eigenvalue weighted by Gasteiger charge is -2.19. The summed E-state index contributed by atoms with van der Waals surface area (Å²) in [6, 6.07) is 8.85. The van der Waals surface area contributed by atoms with E-state index >= 15 is 0 Å². The second kappa shape index (κ2) is 7.66. The van der Waals surface area contributed by atoms with Crippen molar-refractivity contribution < 1.29 is 4.79 Å². The van der Waals surface area contributed by atoms with E-state index < -0.39 is 0 Å². The Balaban J connectivity index is 1.78. The number of likely N-dealkylation sites (tertiary alicyclic amines) is 1. The zero-order valence-electron chi connectivity index (χ0n) is 11.8. The summed E-state index contributed by atoms with van der Waals surface area (Å²) in [4.78, 5) is 14.4. The van der Waals surface area contributed by atoms with Crippen LogP contribution in [-0.2, 0) is 0 Å². The molecule has 0 aromatic heterocycles. The van der Waals surface area contributed by atoms with Gasteiger partial charge >= 0.3 is 0 Å². The second-order valence-corrected chi connectivity index (χ2v) is 5.20. The molecule has 0 spiro atoms. The van der Waals surface area contributed by atoms with E-state index in [4.69, 9.17) is 5.26 Å². The van der Waals surface area contributed by atoms with Crippen molar-refractivity contribution >= 4 is 5.91 Å². The molecule has 1 aromatic rings. The van der Waals surface area contributed by atoms with Crippen LogP contribution in [0, 0.1) is 11.3 Å². The molecular formula is C16H21N3O. The van der Waals surface area contributed by atoms with Gasteiger partial charge in [-0.1, -0.05) is 18.9 Å². The highest BCUT2D eigenvalue weighted by molar-refractivity contribution is 5.94. The number of rotatable bonds is 4. The van der Waals surface area contributed by atoms with Gasteiger partial charge in [-0.15, -0.1) is 0 Å². The maximum atomic E-state index is 12.0. The van der Waals surface area contributed by atoms with Crippen molar-refractivity contribution in [2.75, 3.05) is 26.2 Å². The van der Waals surface area contributed by atoms with E-state index in [0.29, 0.717) is 17.7 Å². The van der Waals surface area contributed by atoms with Crippen LogP contribution in [0.1, 0.15) is 41.6 Å². The van der Waals surface area contributed by atoms with Crippen LogP contribution in [0.3, 0.4) is 0 Å². The molecule has 4 nitrogen and oxygen atoms in total. The molecule has 1 aliphatic heterocycles.